The van der Waals surface area contributed by atoms with Crippen molar-refractivity contribution < 1.29 is 14.7 Å². The van der Waals surface area contributed by atoms with Gasteiger partial charge < -0.3 is 20.6 Å². The number of hydrogen-bond donors (Lipinski definition) is 3. The molecule has 0 atom stereocenters. The number of carbonyl (C=O) groups excluding carboxylic acids is 2. The molecule has 2 aromatic heterocycles. The van der Waals surface area contributed by atoms with E-state index in [4.69, 9.17) is 16.7 Å². The van der Waals surface area contributed by atoms with Crippen molar-refractivity contribution in [3.63, 3.8) is 0 Å². The average molecular weight is 517 g/mol. The lowest BCUT2D eigenvalue weighted by Gasteiger charge is -2.16. The molecule has 3 aromatic rings. The molecule has 3 N–H and O–H groups in total. The summed E-state index contributed by atoms with van der Waals surface area (Å²) >= 11 is 7.53. The largest absolute Gasteiger partial charge is 0.389 e. The molecule has 1 aromatic carbocycles. The van der Waals surface area contributed by atoms with Crippen LogP contribution in [-0.4, -0.2) is 69.8 Å². The zero-order chi connectivity index (χ0) is 25.4. The molecule has 0 unspecified atom stereocenters. The summed E-state index contributed by atoms with van der Waals surface area (Å²) in [4.78, 5) is 39.7. The van der Waals surface area contributed by atoms with E-state index in [0.29, 0.717) is 58.5 Å². The van der Waals surface area contributed by atoms with Crippen LogP contribution in [0, 0.1) is 13.8 Å². The number of thiazole rings is 1. The number of rotatable bonds is 13. The Hall–Kier alpha value is -2.92. The first-order valence-electron chi connectivity index (χ1n) is 11.2. The Balaban J connectivity index is 1.57. The number of Topliss-reactive ketones (excluding diaryl/α,β-unsaturated/α-hetero) is 2. The van der Waals surface area contributed by atoms with E-state index in [1.807, 2.05) is 31.0 Å². The topological polar surface area (TPSA) is 120 Å². The Kier molecular flexibility index (Phi) is 9.67. The minimum atomic E-state index is -0.419. The molecule has 11 heteroatoms. The summed E-state index contributed by atoms with van der Waals surface area (Å²) < 4.78 is 0. The molecule has 0 bridgehead atoms. The van der Waals surface area contributed by atoms with Crippen LogP contribution in [0.2, 0.25) is 5.02 Å². The van der Waals surface area contributed by atoms with Gasteiger partial charge in [0, 0.05) is 43.6 Å². The van der Waals surface area contributed by atoms with Crippen LogP contribution < -0.4 is 10.6 Å². The molecular weight excluding hydrogens is 488 g/mol. The van der Waals surface area contributed by atoms with Gasteiger partial charge in [0.2, 0.25) is 0 Å². The van der Waals surface area contributed by atoms with E-state index >= 15 is 0 Å². The molecule has 0 saturated carbocycles. The van der Waals surface area contributed by atoms with Gasteiger partial charge in [-0.25, -0.2) is 15.0 Å². The lowest BCUT2D eigenvalue weighted by molar-refractivity contribution is -0.122. The lowest BCUT2D eigenvalue weighted by atomic mass is 10.0. The third-order valence-corrected chi connectivity index (χ3v) is 6.60. The van der Waals surface area contributed by atoms with Crippen molar-refractivity contribution in [2.75, 3.05) is 43.9 Å². The molecule has 0 aliphatic heterocycles. The quantitative estimate of drug-likeness (QED) is 0.292. The van der Waals surface area contributed by atoms with Crippen molar-refractivity contribution in [1.82, 2.24) is 19.9 Å². The van der Waals surface area contributed by atoms with Gasteiger partial charge in [0.1, 0.15) is 24.1 Å². The zero-order valence-corrected chi connectivity index (χ0v) is 21.5. The van der Waals surface area contributed by atoms with Gasteiger partial charge in [-0.05, 0) is 38.1 Å². The first-order chi connectivity index (χ1) is 16.7. The molecule has 0 amide bonds. The van der Waals surface area contributed by atoms with Crippen LogP contribution in [0.5, 0.6) is 0 Å². The van der Waals surface area contributed by atoms with E-state index in [-0.39, 0.29) is 18.0 Å². The molecule has 0 spiro atoms. The standard InChI is InChI=1S/C24H29ClN6O3S/c1-15-5-4-6-19(25)18(15)11-20(34)21-13-27-24(35-21)30-23-12-22(28-16(2)29-23)26-8-10-31(3)9-7-17(33)14-32/h4-6,12-13,32H,7-11,14H2,1-3H3,(H2,26,27,28,29,30). The Morgan fingerprint density at radius 2 is 1.94 bits per heavy atom. The molecule has 0 fully saturated rings. The number of nitrogens with one attached hydrogen (secondary N) is 2. The fourth-order valence-corrected chi connectivity index (χ4v) is 4.36. The molecule has 9 nitrogen and oxygen atoms in total. The molecule has 0 aliphatic carbocycles. The molecule has 0 aliphatic rings. The molecular formula is C24H29ClN6O3S. The van der Waals surface area contributed by atoms with Gasteiger partial charge in [-0.15, -0.1) is 0 Å². The van der Waals surface area contributed by atoms with Crippen molar-refractivity contribution in [1.29, 1.82) is 0 Å². The van der Waals surface area contributed by atoms with Crippen LogP contribution in [-0.2, 0) is 11.2 Å². The second-order valence-corrected chi connectivity index (χ2v) is 9.59. The zero-order valence-electron chi connectivity index (χ0n) is 20.0. The summed E-state index contributed by atoms with van der Waals surface area (Å²) in [6.07, 6.45) is 2.10. The second kappa shape index (κ2) is 12.7. The summed E-state index contributed by atoms with van der Waals surface area (Å²) in [5, 5.41) is 16.4. The van der Waals surface area contributed by atoms with Gasteiger partial charge in [-0.3, -0.25) is 9.59 Å². The second-order valence-electron chi connectivity index (χ2n) is 8.15. The Bertz CT molecular complexity index is 1170. The van der Waals surface area contributed by atoms with E-state index in [2.05, 4.69) is 25.6 Å². The minimum Gasteiger partial charge on any atom is -0.389 e. The Labute approximate surface area is 213 Å². The number of benzene rings is 1. The SMILES string of the molecule is Cc1nc(NCCN(C)CCC(=O)CO)cc(Nc2ncc(C(=O)Cc3c(C)cccc3Cl)s2)n1. The van der Waals surface area contributed by atoms with Crippen molar-refractivity contribution in [3.05, 3.63) is 57.3 Å². The highest BCUT2D eigenvalue weighted by Gasteiger charge is 2.15. The number of aliphatic hydroxyl groups excluding tert-OH is 1. The molecule has 3 rings (SSSR count). The van der Waals surface area contributed by atoms with E-state index in [9.17, 15) is 9.59 Å². The van der Waals surface area contributed by atoms with Gasteiger partial charge in [0.15, 0.2) is 16.7 Å². The molecule has 0 radical (unpaired) electrons. The highest BCUT2D eigenvalue weighted by molar-refractivity contribution is 7.17. The maximum absolute atomic E-state index is 12.8. The highest BCUT2D eigenvalue weighted by Crippen LogP contribution is 2.26. The number of carbonyl (C=O) groups is 2. The van der Waals surface area contributed by atoms with E-state index in [0.717, 1.165) is 11.1 Å². The maximum Gasteiger partial charge on any atom is 0.188 e. The number of halogens is 1. The average Bonchev–Trinajstić information content (AvgIpc) is 3.28. The van der Waals surface area contributed by atoms with Crippen LogP contribution in [0.25, 0.3) is 0 Å². The first kappa shape index (κ1) is 26.7. The third-order valence-electron chi connectivity index (χ3n) is 5.29. The van der Waals surface area contributed by atoms with Crippen molar-refractivity contribution in [2.24, 2.45) is 0 Å². The minimum absolute atomic E-state index is 0.0437. The monoisotopic (exact) mass is 516 g/mol. The van der Waals surface area contributed by atoms with Crippen LogP contribution >= 0.6 is 22.9 Å². The Morgan fingerprint density at radius 1 is 1.17 bits per heavy atom. The number of nitrogens with zero attached hydrogens (tertiary/aromatic N) is 4. The normalized spacial score (nSPS) is 11.0. The molecule has 2 heterocycles. The van der Waals surface area contributed by atoms with E-state index < -0.39 is 6.61 Å². The lowest BCUT2D eigenvalue weighted by Crippen LogP contribution is -2.28. The predicted molar refractivity (Wildman–Crippen MR) is 139 cm³/mol. The predicted octanol–water partition coefficient (Wildman–Crippen LogP) is 3.67. The number of ketones is 2. The van der Waals surface area contributed by atoms with Gasteiger partial charge in [-0.2, -0.15) is 0 Å². The van der Waals surface area contributed by atoms with Gasteiger partial charge >= 0.3 is 0 Å². The van der Waals surface area contributed by atoms with Crippen LogP contribution in [0.1, 0.15) is 33.0 Å². The number of hydrogen-bond acceptors (Lipinski definition) is 10. The van der Waals surface area contributed by atoms with Crippen molar-refractivity contribution in [2.45, 2.75) is 26.7 Å². The number of aromatic nitrogens is 3. The number of aliphatic hydroxyl groups is 1. The smallest absolute Gasteiger partial charge is 0.188 e. The van der Waals surface area contributed by atoms with Crippen molar-refractivity contribution in [3.8, 4) is 0 Å². The fourth-order valence-electron chi connectivity index (χ4n) is 3.31. The molecule has 186 valence electrons. The summed E-state index contributed by atoms with van der Waals surface area (Å²) in [6, 6.07) is 7.37. The molecule has 0 saturated heterocycles. The van der Waals surface area contributed by atoms with Crippen LogP contribution in [0.4, 0.5) is 16.8 Å². The molecule has 35 heavy (non-hydrogen) atoms. The van der Waals surface area contributed by atoms with E-state index in [1.165, 1.54) is 11.3 Å². The summed E-state index contributed by atoms with van der Waals surface area (Å²) in [5.41, 5.74) is 1.81. The van der Waals surface area contributed by atoms with Gasteiger partial charge in [0.05, 0.1) is 11.1 Å². The number of aryl methyl sites for hydroxylation is 2. The van der Waals surface area contributed by atoms with Crippen LogP contribution in [0.3, 0.4) is 0 Å². The summed E-state index contributed by atoms with van der Waals surface area (Å²) in [7, 11) is 1.92. The number of likely N-dealkylation sites (N-methyl/N-ethyl adjacent to an activating group) is 1. The van der Waals surface area contributed by atoms with Gasteiger partial charge in [-0.1, -0.05) is 35.1 Å². The third kappa shape index (κ3) is 8.07. The Morgan fingerprint density at radius 3 is 2.69 bits per heavy atom. The van der Waals surface area contributed by atoms with Gasteiger partial charge in [0.25, 0.3) is 0 Å². The first-order valence-corrected chi connectivity index (χ1v) is 12.3. The fraction of sp³-hybridized carbons (Fsp3) is 0.375. The summed E-state index contributed by atoms with van der Waals surface area (Å²) in [6.45, 7) is 5.22. The summed E-state index contributed by atoms with van der Waals surface area (Å²) in [5.74, 6) is 1.59. The van der Waals surface area contributed by atoms with Crippen LogP contribution in [0.15, 0.2) is 30.5 Å². The number of anilines is 3. The maximum atomic E-state index is 12.8. The van der Waals surface area contributed by atoms with Crippen molar-refractivity contribution >= 4 is 51.3 Å². The highest BCUT2D eigenvalue weighted by atomic mass is 35.5. The van der Waals surface area contributed by atoms with E-state index in [1.54, 1.807) is 25.3 Å².